The van der Waals surface area contributed by atoms with Gasteiger partial charge >= 0.3 is 0 Å². The summed E-state index contributed by atoms with van der Waals surface area (Å²) in [6.07, 6.45) is 0. The van der Waals surface area contributed by atoms with Crippen LogP contribution in [0, 0.1) is 0 Å². The zero-order chi connectivity index (χ0) is 19.9. The molecule has 0 saturated carbocycles. The van der Waals surface area contributed by atoms with Crippen molar-refractivity contribution in [2.45, 2.75) is 13.0 Å². The van der Waals surface area contributed by atoms with Crippen LogP contribution in [0.3, 0.4) is 0 Å². The fourth-order valence-electron chi connectivity index (χ4n) is 3.50. The van der Waals surface area contributed by atoms with E-state index in [0.29, 0.717) is 13.1 Å². The van der Waals surface area contributed by atoms with Gasteiger partial charge in [-0.2, -0.15) is 0 Å². The number of nitrogens with one attached hydrogen (secondary N) is 1. The minimum absolute atomic E-state index is 0.0882. The fourth-order valence-corrected chi connectivity index (χ4v) is 3.50. The number of amides is 2. The van der Waals surface area contributed by atoms with Gasteiger partial charge in [-0.25, -0.2) is 0 Å². The SMILES string of the molecule is COC[C@H](NC(C)=O)C(=O)N1CCN(c2cccc(-c3ccccc3)c2)CC1. The molecule has 1 aliphatic rings. The Bertz CT molecular complexity index is 802. The van der Waals surface area contributed by atoms with Gasteiger partial charge in [0.1, 0.15) is 6.04 Å². The Morgan fingerprint density at radius 1 is 1.00 bits per heavy atom. The number of rotatable bonds is 6. The average molecular weight is 381 g/mol. The summed E-state index contributed by atoms with van der Waals surface area (Å²) in [6, 6.07) is 18.2. The van der Waals surface area contributed by atoms with E-state index in [-0.39, 0.29) is 18.4 Å². The van der Waals surface area contributed by atoms with E-state index in [0.717, 1.165) is 18.8 Å². The molecule has 2 amide bonds. The van der Waals surface area contributed by atoms with Gasteiger partial charge in [0.25, 0.3) is 0 Å². The van der Waals surface area contributed by atoms with Gasteiger partial charge in [0.05, 0.1) is 6.61 Å². The van der Waals surface area contributed by atoms with Crippen molar-refractivity contribution < 1.29 is 14.3 Å². The Labute approximate surface area is 166 Å². The number of anilines is 1. The van der Waals surface area contributed by atoms with E-state index in [2.05, 4.69) is 46.6 Å². The molecule has 2 aromatic rings. The fraction of sp³-hybridized carbons (Fsp3) is 0.364. The number of benzene rings is 2. The summed E-state index contributed by atoms with van der Waals surface area (Å²) in [7, 11) is 1.53. The molecular formula is C22H27N3O3. The molecule has 6 nitrogen and oxygen atoms in total. The smallest absolute Gasteiger partial charge is 0.247 e. The van der Waals surface area contributed by atoms with E-state index in [1.165, 1.54) is 25.2 Å². The highest BCUT2D eigenvalue weighted by molar-refractivity contribution is 5.87. The molecule has 1 saturated heterocycles. The lowest BCUT2D eigenvalue weighted by Crippen LogP contribution is -2.56. The number of carbonyl (C=O) groups is 2. The topological polar surface area (TPSA) is 61.9 Å². The number of methoxy groups -OCH3 is 1. The zero-order valence-corrected chi connectivity index (χ0v) is 16.4. The van der Waals surface area contributed by atoms with Crippen LogP contribution in [-0.2, 0) is 14.3 Å². The third-order valence-corrected chi connectivity index (χ3v) is 4.92. The molecule has 148 valence electrons. The molecule has 0 radical (unpaired) electrons. The Morgan fingerprint density at radius 3 is 2.32 bits per heavy atom. The molecule has 2 aromatic carbocycles. The third kappa shape index (κ3) is 4.89. The minimum Gasteiger partial charge on any atom is -0.382 e. The van der Waals surface area contributed by atoms with Crippen LogP contribution >= 0.6 is 0 Å². The van der Waals surface area contributed by atoms with E-state index >= 15 is 0 Å². The van der Waals surface area contributed by atoms with Gasteiger partial charge in [0, 0.05) is 45.9 Å². The molecule has 1 aliphatic heterocycles. The Balaban J connectivity index is 1.64. The summed E-state index contributed by atoms with van der Waals surface area (Å²) >= 11 is 0. The van der Waals surface area contributed by atoms with Crippen LogP contribution in [0.15, 0.2) is 54.6 Å². The van der Waals surface area contributed by atoms with Crippen LogP contribution in [0.2, 0.25) is 0 Å². The molecule has 0 bridgehead atoms. The largest absolute Gasteiger partial charge is 0.382 e. The predicted octanol–water partition coefficient (Wildman–Crippen LogP) is 2.15. The van der Waals surface area contributed by atoms with Crippen molar-refractivity contribution in [1.82, 2.24) is 10.2 Å². The molecule has 28 heavy (non-hydrogen) atoms. The number of nitrogens with zero attached hydrogens (tertiary/aromatic N) is 2. The van der Waals surface area contributed by atoms with Crippen LogP contribution in [0.4, 0.5) is 5.69 Å². The zero-order valence-electron chi connectivity index (χ0n) is 16.4. The van der Waals surface area contributed by atoms with Crippen molar-refractivity contribution in [3.8, 4) is 11.1 Å². The number of ether oxygens (including phenoxy) is 1. The normalized spacial score (nSPS) is 15.2. The summed E-state index contributed by atoms with van der Waals surface area (Å²) in [5, 5.41) is 2.68. The highest BCUT2D eigenvalue weighted by Crippen LogP contribution is 2.25. The quantitative estimate of drug-likeness (QED) is 0.833. The molecule has 0 spiro atoms. The first-order valence-electron chi connectivity index (χ1n) is 9.53. The van der Waals surface area contributed by atoms with Crippen molar-refractivity contribution >= 4 is 17.5 Å². The minimum atomic E-state index is -0.629. The second-order valence-corrected chi connectivity index (χ2v) is 6.94. The van der Waals surface area contributed by atoms with Crippen LogP contribution in [0.1, 0.15) is 6.92 Å². The van der Waals surface area contributed by atoms with Gasteiger partial charge in [0.15, 0.2) is 0 Å². The molecule has 3 rings (SSSR count). The Hall–Kier alpha value is -2.86. The van der Waals surface area contributed by atoms with Gasteiger partial charge in [-0.05, 0) is 23.3 Å². The molecule has 0 unspecified atom stereocenters. The van der Waals surface area contributed by atoms with Crippen molar-refractivity contribution in [1.29, 1.82) is 0 Å². The summed E-state index contributed by atoms with van der Waals surface area (Å²) in [6.45, 7) is 4.33. The Morgan fingerprint density at radius 2 is 1.68 bits per heavy atom. The monoisotopic (exact) mass is 381 g/mol. The molecular weight excluding hydrogens is 354 g/mol. The second kappa shape index (κ2) is 9.37. The second-order valence-electron chi connectivity index (χ2n) is 6.94. The lowest BCUT2D eigenvalue weighted by Gasteiger charge is -2.37. The van der Waals surface area contributed by atoms with Crippen molar-refractivity contribution in [2.24, 2.45) is 0 Å². The average Bonchev–Trinajstić information content (AvgIpc) is 2.73. The van der Waals surface area contributed by atoms with E-state index < -0.39 is 6.04 Å². The molecule has 6 heteroatoms. The van der Waals surface area contributed by atoms with Crippen molar-refractivity contribution in [3.05, 3.63) is 54.6 Å². The molecule has 0 aliphatic carbocycles. The Kier molecular flexibility index (Phi) is 6.66. The number of carbonyl (C=O) groups excluding carboxylic acids is 2. The van der Waals surface area contributed by atoms with Gasteiger partial charge in [0.2, 0.25) is 11.8 Å². The maximum atomic E-state index is 12.7. The first kappa shape index (κ1) is 19.9. The highest BCUT2D eigenvalue weighted by atomic mass is 16.5. The maximum Gasteiger partial charge on any atom is 0.247 e. The van der Waals surface area contributed by atoms with E-state index in [4.69, 9.17) is 4.74 Å². The molecule has 1 atom stereocenters. The predicted molar refractivity (Wildman–Crippen MR) is 110 cm³/mol. The third-order valence-electron chi connectivity index (χ3n) is 4.92. The lowest BCUT2D eigenvalue weighted by molar-refractivity contribution is -0.137. The van der Waals surface area contributed by atoms with Crippen LogP contribution < -0.4 is 10.2 Å². The number of hydrogen-bond acceptors (Lipinski definition) is 4. The molecule has 1 N–H and O–H groups in total. The van der Waals surface area contributed by atoms with Crippen LogP contribution in [0.5, 0.6) is 0 Å². The summed E-state index contributed by atoms with van der Waals surface area (Å²) in [4.78, 5) is 28.2. The first-order chi connectivity index (χ1) is 13.6. The summed E-state index contributed by atoms with van der Waals surface area (Å²) < 4.78 is 5.09. The maximum absolute atomic E-state index is 12.7. The molecule has 1 fully saturated rings. The van der Waals surface area contributed by atoms with Crippen molar-refractivity contribution in [2.75, 3.05) is 44.8 Å². The number of piperazine rings is 1. The lowest BCUT2D eigenvalue weighted by atomic mass is 10.0. The first-order valence-corrected chi connectivity index (χ1v) is 9.53. The van der Waals surface area contributed by atoms with E-state index in [9.17, 15) is 9.59 Å². The van der Waals surface area contributed by atoms with Crippen LogP contribution in [-0.4, -0.2) is 62.7 Å². The van der Waals surface area contributed by atoms with Gasteiger partial charge in [-0.3, -0.25) is 9.59 Å². The number of hydrogen-bond donors (Lipinski definition) is 1. The molecule has 0 aromatic heterocycles. The van der Waals surface area contributed by atoms with E-state index in [1.54, 1.807) is 4.90 Å². The summed E-state index contributed by atoms with van der Waals surface area (Å²) in [5.74, 6) is -0.318. The molecule has 1 heterocycles. The standard InChI is InChI=1S/C22H27N3O3/c1-17(26)23-21(16-28-2)22(27)25-13-11-24(12-14-25)20-10-6-9-19(15-20)18-7-4-3-5-8-18/h3-10,15,21H,11-14,16H2,1-2H3,(H,23,26)/t21-/m0/s1. The highest BCUT2D eigenvalue weighted by Gasteiger charge is 2.28. The van der Waals surface area contributed by atoms with Gasteiger partial charge in [-0.15, -0.1) is 0 Å². The van der Waals surface area contributed by atoms with Crippen molar-refractivity contribution in [3.63, 3.8) is 0 Å². The van der Waals surface area contributed by atoms with Crippen LogP contribution in [0.25, 0.3) is 11.1 Å². The van der Waals surface area contributed by atoms with Gasteiger partial charge < -0.3 is 19.9 Å². The summed E-state index contributed by atoms with van der Waals surface area (Å²) in [5.41, 5.74) is 3.53. The van der Waals surface area contributed by atoms with Gasteiger partial charge in [-0.1, -0.05) is 42.5 Å². The van der Waals surface area contributed by atoms with E-state index in [1.807, 2.05) is 18.2 Å².